The Morgan fingerprint density at radius 2 is 1.48 bits per heavy atom. The molecule has 0 heterocycles. The van der Waals surface area contributed by atoms with Crippen LogP contribution < -0.4 is 9.62 Å². The van der Waals surface area contributed by atoms with Crippen LogP contribution in [0.25, 0.3) is 0 Å². The number of hydrogen-bond donors (Lipinski definition) is 1. The van der Waals surface area contributed by atoms with Gasteiger partial charge in [-0.2, -0.15) is 13.2 Å². The second-order valence-corrected chi connectivity index (χ2v) is 14.3. The zero-order valence-electron chi connectivity index (χ0n) is 24.5. The molecule has 0 aliphatic rings. The number of hydrogen-bond acceptors (Lipinski definition) is 4. The summed E-state index contributed by atoms with van der Waals surface area (Å²) in [6.45, 7) is 7.30. The zero-order valence-corrected chi connectivity index (χ0v) is 27.6. The number of amides is 2. The van der Waals surface area contributed by atoms with Gasteiger partial charge in [0.1, 0.15) is 12.6 Å². The summed E-state index contributed by atoms with van der Waals surface area (Å²) in [5.74, 6) is -1.41. The van der Waals surface area contributed by atoms with E-state index in [0.717, 1.165) is 22.6 Å². The third-order valence-electron chi connectivity index (χ3n) is 6.43. The van der Waals surface area contributed by atoms with E-state index in [2.05, 4.69) is 5.32 Å². The first kappa shape index (κ1) is 35.5. The van der Waals surface area contributed by atoms with E-state index in [0.29, 0.717) is 15.9 Å². The normalized spacial score (nSPS) is 12.9. The maximum Gasteiger partial charge on any atom is 0.417 e. The van der Waals surface area contributed by atoms with E-state index >= 15 is 0 Å². The number of nitrogens with one attached hydrogen (secondary N) is 1. The summed E-state index contributed by atoms with van der Waals surface area (Å²) < 4.78 is 69.8. The number of aryl methyl sites for hydroxylation is 1. The molecule has 3 aromatic carbocycles. The highest BCUT2D eigenvalue weighted by Gasteiger charge is 2.37. The summed E-state index contributed by atoms with van der Waals surface area (Å²) in [6, 6.07) is 11.6. The fraction of sp³-hybridized carbons (Fsp3) is 0.333. The molecule has 1 atom stereocenters. The van der Waals surface area contributed by atoms with Crippen molar-refractivity contribution in [2.45, 2.75) is 63.8 Å². The number of halogens is 6. The third-order valence-corrected chi connectivity index (χ3v) is 9.29. The molecule has 14 heteroatoms. The quantitative estimate of drug-likeness (QED) is 0.252. The van der Waals surface area contributed by atoms with Gasteiger partial charge in [-0.15, -0.1) is 0 Å². The molecule has 0 aliphatic carbocycles. The number of rotatable bonds is 9. The molecule has 0 radical (unpaired) electrons. The van der Waals surface area contributed by atoms with Crippen LogP contribution in [0.15, 0.2) is 65.6 Å². The van der Waals surface area contributed by atoms with Crippen molar-refractivity contribution in [2.75, 3.05) is 10.8 Å². The molecule has 0 aliphatic heterocycles. The lowest BCUT2D eigenvalue weighted by Crippen LogP contribution is -2.54. The fourth-order valence-corrected chi connectivity index (χ4v) is 6.09. The van der Waals surface area contributed by atoms with Crippen LogP contribution in [0.4, 0.5) is 18.9 Å². The second kappa shape index (κ2) is 13.6. The SMILES string of the molecule is Cc1ccc(S(=O)(=O)N(CC(=O)N(Cc2ccc(Cl)c(Cl)c2)[C@H](C)C(=O)NC(C)(C)C)c2ccc(Cl)c(C(F)(F)F)c2)cc1. The molecule has 3 aromatic rings. The van der Waals surface area contributed by atoms with Gasteiger partial charge in [-0.1, -0.05) is 58.6 Å². The molecule has 0 saturated heterocycles. The monoisotopic (exact) mass is 691 g/mol. The van der Waals surface area contributed by atoms with Crippen molar-refractivity contribution < 1.29 is 31.2 Å². The number of alkyl halides is 3. The number of nitrogens with zero attached hydrogens (tertiary/aromatic N) is 2. The maximum absolute atomic E-state index is 14.0. The summed E-state index contributed by atoms with van der Waals surface area (Å²) in [5.41, 5.74) is -1.18. The van der Waals surface area contributed by atoms with Gasteiger partial charge in [0, 0.05) is 12.1 Å². The average Bonchev–Trinajstić information content (AvgIpc) is 2.90. The van der Waals surface area contributed by atoms with Crippen molar-refractivity contribution in [3.8, 4) is 0 Å². The molecular formula is C30H31Cl3F3N3O4S. The zero-order chi connectivity index (χ0) is 33.2. The van der Waals surface area contributed by atoms with E-state index in [1.54, 1.807) is 33.8 Å². The van der Waals surface area contributed by atoms with Gasteiger partial charge in [0.2, 0.25) is 11.8 Å². The van der Waals surface area contributed by atoms with E-state index in [-0.39, 0.29) is 21.5 Å². The van der Waals surface area contributed by atoms with Gasteiger partial charge in [-0.25, -0.2) is 8.42 Å². The van der Waals surface area contributed by atoms with Crippen LogP contribution in [-0.2, 0) is 32.3 Å². The highest BCUT2D eigenvalue weighted by molar-refractivity contribution is 7.92. The molecule has 0 unspecified atom stereocenters. The van der Waals surface area contributed by atoms with Crippen LogP contribution in [0, 0.1) is 6.92 Å². The Morgan fingerprint density at radius 1 is 0.886 bits per heavy atom. The molecule has 1 N–H and O–H groups in total. The van der Waals surface area contributed by atoms with Crippen molar-refractivity contribution in [2.24, 2.45) is 0 Å². The minimum atomic E-state index is -4.91. The maximum atomic E-state index is 14.0. The van der Waals surface area contributed by atoms with Crippen molar-refractivity contribution in [1.82, 2.24) is 10.2 Å². The van der Waals surface area contributed by atoms with Crippen LogP contribution in [0.2, 0.25) is 15.1 Å². The van der Waals surface area contributed by atoms with Crippen LogP contribution in [0.5, 0.6) is 0 Å². The smallest absolute Gasteiger partial charge is 0.350 e. The molecule has 0 bridgehead atoms. The Kier molecular flexibility index (Phi) is 10.9. The van der Waals surface area contributed by atoms with E-state index in [4.69, 9.17) is 34.8 Å². The molecular weight excluding hydrogens is 662 g/mol. The number of sulfonamides is 1. The van der Waals surface area contributed by atoms with Crippen molar-refractivity contribution in [3.63, 3.8) is 0 Å². The van der Waals surface area contributed by atoms with Crippen LogP contribution in [0.3, 0.4) is 0 Å². The number of anilines is 1. The molecule has 238 valence electrons. The van der Waals surface area contributed by atoms with E-state index < -0.39 is 62.4 Å². The van der Waals surface area contributed by atoms with E-state index in [9.17, 15) is 31.2 Å². The highest BCUT2D eigenvalue weighted by Crippen LogP contribution is 2.38. The molecule has 3 rings (SSSR count). The summed E-state index contributed by atoms with van der Waals surface area (Å²) in [4.78, 5) is 28.1. The highest BCUT2D eigenvalue weighted by atomic mass is 35.5. The summed E-state index contributed by atoms with van der Waals surface area (Å²) in [5, 5.41) is 2.58. The minimum absolute atomic E-state index is 0.188. The lowest BCUT2D eigenvalue weighted by molar-refractivity contribution is -0.140. The standard InChI is InChI=1S/C30H31Cl3F3N3O4S/c1-18-6-10-22(11-7-18)44(42,43)39(21-9-13-24(31)23(15-21)30(34,35)36)17-27(40)38(19(2)28(41)37-29(3,4)5)16-20-8-12-25(32)26(33)14-20/h6-15,19H,16-17H2,1-5H3,(H,37,41)/t19-/m1/s1. The number of benzene rings is 3. The van der Waals surface area contributed by atoms with Gasteiger partial charge in [0.05, 0.1) is 31.2 Å². The molecule has 0 spiro atoms. The van der Waals surface area contributed by atoms with Crippen LogP contribution in [0.1, 0.15) is 44.4 Å². The summed E-state index contributed by atoms with van der Waals surface area (Å²) >= 11 is 18.0. The van der Waals surface area contributed by atoms with Gasteiger partial charge in [0.25, 0.3) is 10.0 Å². The summed E-state index contributed by atoms with van der Waals surface area (Å²) in [6.07, 6.45) is -4.91. The predicted octanol–water partition coefficient (Wildman–Crippen LogP) is 7.50. The first-order valence-electron chi connectivity index (χ1n) is 13.2. The van der Waals surface area contributed by atoms with Crippen LogP contribution >= 0.6 is 34.8 Å². The Balaban J connectivity index is 2.14. The number of carbonyl (C=O) groups is 2. The van der Waals surface area contributed by atoms with E-state index in [1.165, 1.54) is 43.3 Å². The minimum Gasteiger partial charge on any atom is -0.350 e. The molecule has 0 aromatic heterocycles. The predicted molar refractivity (Wildman–Crippen MR) is 167 cm³/mol. The van der Waals surface area contributed by atoms with Gasteiger partial charge in [-0.3, -0.25) is 13.9 Å². The van der Waals surface area contributed by atoms with Crippen molar-refractivity contribution in [3.05, 3.63) is 92.4 Å². The molecule has 2 amide bonds. The van der Waals surface area contributed by atoms with Crippen molar-refractivity contribution in [1.29, 1.82) is 0 Å². The first-order chi connectivity index (χ1) is 20.2. The molecule has 44 heavy (non-hydrogen) atoms. The Labute approximate surface area is 269 Å². The number of carbonyl (C=O) groups excluding carboxylic acids is 2. The molecule has 0 saturated carbocycles. The molecule has 0 fully saturated rings. The Morgan fingerprint density at radius 3 is 2.02 bits per heavy atom. The van der Waals surface area contributed by atoms with Gasteiger partial charge < -0.3 is 10.2 Å². The Bertz CT molecular complexity index is 1640. The second-order valence-electron chi connectivity index (χ2n) is 11.2. The topological polar surface area (TPSA) is 86.8 Å². The lowest BCUT2D eigenvalue weighted by atomic mass is 10.1. The largest absolute Gasteiger partial charge is 0.417 e. The average molecular weight is 693 g/mol. The summed E-state index contributed by atoms with van der Waals surface area (Å²) in [7, 11) is -4.60. The van der Waals surface area contributed by atoms with Crippen molar-refractivity contribution >= 4 is 62.3 Å². The van der Waals surface area contributed by atoms with Gasteiger partial charge in [-0.05, 0) is 82.6 Å². The van der Waals surface area contributed by atoms with Crippen LogP contribution in [-0.4, -0.2) is 43.3 Å². The van der Waals surface area contributed by atoms with Gasteiger partial charge in [0.15, 0.2) is 0 Å². The van der Waals surface area contributed by atoms with E-state index in [1.807, 2.05) is 0 Å². The Hall–Kier alpha value is -2.99. The first-order valence-corrected chi connectivity index (χ1v) is 15.8. The van der Waals surface area contributed by atoms with Gasteiger partial charge >= 0.3 is 6.18 Å². The fourth-order valence-electron chi connectivity index (χ4n) is 4.14. The third kappa shape index (κ3) is 8.80. The molecule has 7 nitrogen and oxygen atoms in total. The lowest BCUT2D eigenvalue weighted by Gasteiger charge is -2.33.